The van der Waals surface area contributed by atoms with Gasteiger partial charge >= 0.3 is 11.9 Å². The lowest BCUT2D eigenvalue weighted by Gasteiger charge is -2.22. The monoisotopic (exact) mass is 200 g/mol. The van der Waals surface area contributed by atoms with Gasteiger partial charge in [0.1, 0.15) is 0 Å². The molecule has 0 radical (unpaired) electrons. The maximum Gasteiger partial charge on any atom is 0.312 e. The van der Waals surface area contributed by atoms with Crippen LogP contribution in [0, 0.1) is 11.8 Å². The Morgan fingerprint density at radius 3 is 2.36 bits per heavy atom. The molecule has 2 unspecified atom stereocenters. The van der Waals surface area contributed by atoms with Crippen molar-refractivity contribution in [3.05, 3.63) is 0 Å². The maximum absolute atomic E-state index is 11.4. The van der Waals surface area contributed by atoms with Crippen molar-refractivity contribution >= 4 is 11.9 Å². The minimum absolute atomic E-state index is 0.256. The molecular formula is C9H12O5. The standard InChI is InChI=1S/C9H12O5/c1-13-9(12)7-5-3-2-4(14-5)6(7)8(10)11/h4-7H,2-3H2,1H3,(H,10,11)/t4-,5+,6?,7?/m1/s1. The largest absolute Gasteiger partial charge is 0.481 e. The highest BCUT2D eigenvalue weighted by atomic mass is 16.5. The minimum Gasteiger partial charge on any atom is -0.481 e. The number of carbonyl (C=O) groups is 2. The molecule has 0 saturated carbocycles. The van der Waals surface area contributed by atoms with Crippen LogP contribution in [-0.2, 0) is 19.1 Å². The minimum atomic E-state index is -0.965. The van der Waals surface area contributed by atoms with E-state index < -0.39 is 23.8 Å². The Bertz CT molecular complexity index is 274. The molecule has 5 heteroatoms. The van der Waals surface area contributed by atoms with E-state index in [9.17, 15) is 9.59 Å². The molecule has 2 saturated heterocycles. The van der Waals surface area contributed by atoms with E-state index in [4.69, 9.17) is 9.84 Å². The van der Waals surface area contributed by atoms with Gasteiger partial charge < -0.3 is 14.6 Å². The number of aliphatic carboxylic acids is 1. The van der Waals surface area contributed by atoms with Crippen molar-refractivity contribution < 1.29 is 24.2 Å². The summed E-state index contributed by atoms with van der Waals surface area (Å²) in [5.41, 5.74) is 0. The molecule has 14 heavy (non-hydrogen) atoms. The van der Waals surface area contributed by atoms with E-state index in [-0.39, 0.29) is 12.2 Å². The molecule has 4 atom stereocenters. The second-order valence-corrected chi connectivity index (χ2v) is 3.70. The second-order valence-electron chi connectivity index (χ2n) is 3.70. The quantitative estimate of drug-likeness (QED) is 0.637. The van der Waals surface area contributed by atoms with E-state index in [1.165, 1.54) is 7.11 Å². The first-order chi connectivity index (χ1) is 6.65. The van der Waals surface area contributed by atoms with Gasteiger partial charge in [0.25, 0.3) is 0 Å². The van der Waals surface area contributed by atoms with Crippen LogP contribution >= 0.6 is 0 Å². The van der Waals surface area contributed by atoms with Gasteiger partial charge in [0.05, 0.1) is 31.2 Å². The van der Waals surface area contributed by atoms with Crippen molar-refractivity contribution in [3.8, 4) is 0 Å². The fourth-order valence-corrected chi connectivity index (χ4v) is 2.43. The molecule has 2 bridgehead atoms. The SMILES string of the molecule is COC(=O)C1C(C(=O)O)[C@H]2CC[C@@H]1O2. The molecule has 0 aliphatic carbocycles. The first kappa shape index (κ1) is 9.45. The molecule has 0 amide bonds. The number of hydrogen-bond acceptors (Lipinski definition) is 4. The lowest BCUT2D eigenvalue weighted by molar-refractivity contribution is -0.156. The number of rotatable bonds is 2. The Hall–Kier alpha value is -1.10. The Morgan fingerprint density at radius 1 is 1.29 bits per heavy atom. The summed E-state index contributed by atoms with van der Waals surface area (Å²) in [6.45, 7) is 0. The van der Waals surface area contributed by atoms with Gasteiger partial charge in [-0.25, -0.2) is 0 Å². The zero-order valence-corrected chi connectivity index (χ0v) is 7.80. The number of esters is 1. The molecule has 1 N–H and O–H groups in total. The molecule has 2 rings (SSSR count). The Labute approximate surface area is 81.0 Å². The number of carbonyl (C=O) groups excluding carboxylic acids is 1. The molecule has 0 aromatic carbocycles. The number of ether oxygens (including phenoxy) is 2. The molecule has 0 aromatic rings. The van der Waals surface area contributed by atoms with E-state index in [1.54, 1.807) is 0 Å². The Kier molecular flexibility index (Phi) is 2.19. The number of carboxylic acids is 1. The summed E-state index contributed by atoms with van der Waals surface area (Å²) in [5.74, 6) is -2.77. The molecule has 0 aromatic heterocycles. The molecule has 78 valence electrons. The van der Waals surface area contributed by atoms with E-state index in [1.807, 2.05) is 0 Å². The highest BCUT2D eigenvalue weighted by Gasteiger charge is 2.56. The van der Waals surface area contributed by atoms with Crippen molar-refractivity contribution in [3.63, 3.8) is 0 Å². The first-order valence-corrected chi connectivity index (χ1v) is 4.61. The first-order valence-electron chi connectivity index (χ1n) is 4.61. The number of methoxy groups -OCH3 is 1. The lowest BCUT2D eigenvalue weighted by Crippen LogP contribution is -2.38. The summed E-state index contributed by atoms with van der Waals surface area (Å²) in [5, 5.41) is 8.96. The summed E-state index contributed by atoms with van der Waals surface area (Å²) in [4.78, 5) is 22.3. The van der Waals surface area contributed by atoms with E-state index in [0.29, 0.717) is 0 Å². The van der Waals surface area contributed by atoms with E-state index >= 15 is 0 Å². The maximum atomic E-state index is 11.4. The fourth-order valence-electron chi connectivity index (χ4n) is 2.43. The van der Waals surface area contributed by atoms with Crippen LogP contribution in [-0.4, -0.2) is 36.4 Å². The van der Waals surface area contributed by atoms with Crippen LogP contribution < -0.4 is 0 Å². The van der Waals surface area contributed by atoms with Crippen LogP contribution in [0.2, 0.25) is 0 Å². The van der Waals surface area contributed by atoms with Crippen LogP contribution in [0.25, 0.3) is 0 Å². The van der Waals surface area contributed by atoms with Gasteiger partial charge in [-0.3, -0.25) is 9.59 Å². The predicted molar refractivity (Wildman–Crippen MR) is 44.5 cm³/mol. The lowest BCUT2D eigenvalue weighted by atomic mass is 9.79. The number of fused-ring (bicyclic) bond motifs is 2. The van der Waals surface area contributed by atoms with Crippen LogP contribution in [0.15, 0.2) is 0 Å². The molecule has 2 aliphatic rings. The smallest absolute Gasteiger partial charge is 0.312 e. The summed E-state index contributed by atoms with van der Waals surface area (Å²) in [6, 6.07) is 0. The average molecular weight is 200 g/mol. The normalized spacial score (nSPS) is 39.8. The Morgan fingerprint density at radius 2 is 1.86 bits per heavy atom. The van der Waals surface area contributed by atoms with Crippen LogP contribution in [0.5, 0.6) is 0 Å². The number of carboxylic acid groups (broad SMARTS) is 1. The molecular weight excluding hydrogens is 188 g/mol. The van der Waals surface area contributed by atoms with Gasteiger partial charge in [-0.2, -0.15) is 0 Å². The van der Waals surface area contributed by atoms with Crippen molar-refractivity contribution in [2.24, 2.45) is 11.8 Å². The molecule has 2 aliphatic heterocycles. The van der Waals surface area contributed by atoms with Crippen molar-refractivity contribution in [2.45, 2.75) is 25.0 Å². The molecule has 2 heterocycles. The highest BCUT2D eigenvalue weighted by molar-refractivity contribution is 5.83. The topological polar surface area (TPSA) is 72.8 Å². The predicted octanol–water partition coefficient (Wildman–Crippen LogP) is 0.0376. The van der Waals surface area contributed by atoms with Crippen LogP contribution in [0.1, 0.15) is 12.8 Å². The van der Waals surface area contributed by atoms with E-state index in [2.05, 4.69) is 4.74 Å². The highest BCUT2D eigenvalue weighted by Crippen LogP contribution is 2.43. The van der Waals surface area contributed by atoms with Gasteiger partial charge in [-0.1, -0.05) is 0 Å². The third-order valence-corrected chi connectivity index (χ3v) is 3.03. The zero-order chi connectivity index (χ0) is 10.3. The van der Waals surface area contributed by atoms with Crippen molar-refractivity contribution in [1.82, 2.24) is 0 Å². The van der Waals surface area contributed by atoms with Gasteiger partial charge in [-0.15, -0.1) is 0 Å². The van der Waals surface area contributed by atoms with Gasteiger partial charge in [0.2, 0.25) is 0 Å². The van der Waals surface area contributed by atoms with Crippen molar-refractivity contribution in [2.75, 3.05) is 7.11 Å². The van der Waals surface area contributed by atoms with Crippen LogP contribution in [0.3, 0.4) is 0 Å². The van der Waals surface area contributed by atoms with E-state index in [0.717, 1.165) is 12.8 Å². The summed E-state index contributed by atoms with van der Waals surface area (Å²) in [7, 11) is 1.27. The average Bonchev–Trinajstić information content (AvgIpc) is 2.74. The summed E-state index contributed by atoms with van der Waals surface area (Å²) >= 11 is 0. The number of hydrogen-bond donors (Lipinski definition) is 1. The van der Waals surface area contributed by atoms with Crippen LogP contribution in [0.4, 0.5) is 0 Å². The molecule has 0 spiro atoms. The molecule has 5 nitrogen and oxygen atoms in total. The molecule has 2 fully saturated rings. The third kappa shape index (κ3) is 1.19. The fraction of sp³-hybridized carbons (Fsp3) is 0.778. The van der Waals surface area contributed by atoms with Gasteiger partial charge in [0.15, 0.2) is 0 Å². The Balaban J connectivity index is 2.21. The summed E-state index contributed by atoms with van der Waals surface area (Å²) in [6.07, 6.45) is 0.929. The zero-order valence-electron chi connectivity index (χ0n) is 7.80. The summed E-state index contributed by atoms with van der Waals surface area (Å²) < 4.78 is 9.98. The van der Waals surface area contributed by atoms with Crippen molar-refractivity contribution in [1.29, 1.82) is 0 Å². The third-order valence-electron chi connectivity index (χ3n) is 3.03. The van der Waals surface area contributed by atoms with Gasteiger partial charge in [-0.05, 0) is 12.8 Å². The second kappa shape index (κ2) is 3.24. The van der Waals surface area contributed by atoms with Gasteiger partial charge in [0, 0.05) is 0 Å².